The zero-order valence-corrected chi connectivity index (χ0v) is 11.0. The summed E-state index contributed by atoms with van der Waals surface area (Å²) in [4.78, 5) is 10.5. The lowest BCUT2D eigenvalue weighted by Crippen LogP contribution is -2.24. The Bertz CT molecular complexity index is 639. The van der Waals surface area contributed by atoms with E-state index in [-0.39, 0.29) is 0 Å². The molecule has 2 heterocycles. The lowest BCUT2D eigenvalue weighted by molar-refractivity contribution is 0.249. The van der Waals surface area contributed by atoms with E-state index in [2.05, 4.69) is 15.7 Å². The normalized spacial score (nSPS) is 11.1. The summed E-state index contributed by atoms with van der Waals surface area (Å²) in [5, 5.41) is 7.73. The van der Waals surface area contributed by atoms with Gasteiger partial charge in [0.25, 0.3) is 0 Å². The zero-order valence-electron chi connectivity index (χ0n) is 11.0. The van der Waals surface area contributed by atoms with Crippen LogP contribution < -0.4 is 11.2 Å². The number of hydrogen-bond acceptors (Lipinski definition) is 4. The summed E-state index contributed by atoms with van der Waals surface area (Å²) in [5.74, 6) is 1.46. The molecule has 100 valence electrons. The second-order valence-corrected chi connectivity index (χ2v) is 4.19. The standard InChI is InChI=1S/C12H15N5O2/c1-7-4-10(6-14-15-12(13)18)9(3)17(7)11-5-8(2)19-16-11/h4-6H,1-3H3,(H3,13,15,18)/b14-6-. The molecule has 0 bridgehead atoms. The van der Waals surface area contributed by atoms with Crippen molar-refractivity contribution < 1.29 is 9.32 Å². The summed E-state index contributed by atoms with van der Waals surface area (Å²) in [6.45, 7) is 5.72. The molecule has 0 spiro atoms. The van der Waals surface area contributed by atoms with Crippen LogP contribution in [-0.4, -0.2) is 22.0 Å². The number of aryl methyl sites for hydroxylation is 2. The fourth-order valence-electron chi connectivity index (χ4n) is 1.89. The van der Waals surface area contributed by atoms with Gasteiger partial charge in [0, 0.05) is 23.0 Å². The third-order valence-electron chi connectivity index (χ3n) is 2.69. The molecule has 2 aromatic rings. The van der Waals surface area contributed by atoms with Crippen LogP contribution in [0.2, 0.25) is 0 Å². The highest BCUT2D eigenvalue weighted by Gasteiger charge is 2.12. The Hall–Kier alpha value is -2.57. The van der Waals surface area contributed by atoms with E-state index >= 15 is 0 Å². The van der Waals surface area contributed by atoms with Crippen LogP contribution in [0.4, 0.5) is 4.79 Å². The molecule has 0 aliphatic rings. The molecule has 0 aliphatic heterocycles. The van der Waals surface area contributed by atoms with Crippen molar-refractivity contribution in [2.75, 3.05) is 0 Å². The van der Waals surface area contributed by atoms with Crippen molar-refractivity contribution in [3.63, 3.8) is 0 Å². The molecule has 0 atom stereocenters. The summed E-state index contributed by atoms with van der Waals surface area (Å²) in [5.41, 5.74) is 9.90. The predicted molar refractivity (Wildman–Crippen MR) is 70.4 cm³/mol. The number of nitrogens with zero attached hydrogens (tertiary/aromatic N) is 3. The Morgan fingerprint density at radius 3 is 2.79 bits per heavy atom. The number of aromatic nitrogens is 2. The second kappa shape index (κ2) is 4.97. The molecule has 2 aromatic heterocycles. The van der Waals surface area contributed by atoms with Crippen LogP contribution in [0, 0.1) is 20.8 Å². The van der Waals surface area contributed by atoms with Crippen molar-refractivity contribution in [1.29, 1.82) is 0 Å². The zero-order chi connectivity index (χ0) is 14.0. The number of hydrazone groups is 1. The number of nitrogens with one attached hydrogen (secondary N) is 1. The summed E-state index contributed by atoms with van der Waals surface area (Å²) in [6.07, 6.45) is 1.54. The quantitative estimate of drug-likeness (QED) is 0.645. The number of primary amides is 1. The third kappa shape index (κ3) is 2.65. The molecule has 0 aromatic carbocycles. The fourth-order valence-corrected chi connectivity index (χ4v) is 1.89. The maximum absolute atomic E-state index is 10.5. The van der Waals surface area contributed by atoms with E-state index in [0.29, 0.717) is 0 Å². The highest BCUT2D eigenvalue weighted by Crippen LogP contribution is 2.19. The highest BCUT2D eigenvalue weighted by molar-refractivity contribution is 5.83. The van der Waals surface area contributed by atoms with E-state index in [4.69, 9.17) is 10.3 Å². The molecule has 0 saturated carbocycles. The number of carbonyl (C=O) groups excluding carboxylic acids is 1. The Labute approximate surface area is 110 Å². The first kappa shape index (κ1) is 12.9. The molecule has 19 heavy (non-hydrogen) atoms. The van der Waals surface area contributed by atoms with Gasteiger partial charge >= 0.3 is 6.03 Å². The molecule has 0 fully saturated rings. The first-order valence-corrected chi connectivity index (χ1v) is 5.70. The number of urea groups is 1. The van der Waals surface area contributed by atoms with Crippen LogP contribution in [0.3, 0.4) is 0 Å². The van der Waals surface area contributed by atoms with Gasteiger partial charge in [-0.25, -0.2) is 10.2 Å². The van der Waals surface area contributed by atoms with Crippen LogP contribution in [0.1, 0.15) is 22.7 Å². The molecule has 0 saturated heterocycles. The van der Waals surface area contributed by atoms with E-state index in [0.717, 1.165) is 28.5 Å². The smallest absolute Gasteiger partial charge is 0.332 e. The third-order valence-corrected chi connectivity index (χ3v) is 2.69. The maximum atomic E-state index is 10.5. The van der Waals surface area contributed by atoms with E-state index in [1.54, 1.807) is 0 Å². The van der Waals surface area contributed by atoms with E-state index in [9.17, 15) is 4.79 Å². The van der Waals surface area contributed by atoms with Gasteiger partial charge in [0.15, 0.2) is 5.82 Å². The number of rotatable bonds is 3. The molecule has 2 rings (SSSR count). The van der Waals surface area contributed by atoms with Gasteiger partial charge in [-0.1, -0.05) is 5.16 Å². The van der Waals surface area contributed by atoms with E-state index < -0.39 is 6.03 Å². The highest BCUT2D eigenvalue weighted by atomic mass is 16.5. The Morgan fingerprint density at radius 1 is 1.47 bits per heavy atom. The fraction of sp³-hybridized carbons (Fsp3) is 0.250. The average Bonchev–Trinajstić information content (AvgIpc) is 2.84. The van der Waals surface area contributed by atoms with Gasteiger partial charge in [0.1, 0.15) is 5.76 Å². The minimum absolute atomic E-state index is 0.697. The molecule has 0 aliphatic carbocycles. The monoisotopic (exact) mass is 261 g/mol. The average molecular weight is 261 g/mol. The van der Waals surface area contributed by atoms with Crippen molar-refractivity contribution in [1.82, 2.24) is 15.1 Å². The van der Waals surface area contributed by atoms with Crippen molar-refractivity contribution in [3.8, 4) is 5.82 Å². The SMILES string of the molecule is Cc1cc(-n2c(C)cc(/C=N\NC(N)=O)c2C)no1. The number of nitrogens with two attached hydrogens (primary N) is 1. The van der Waals surface area contributed by atoms with Crippen LogP contribution >= 0.6 is 0 Å². The van der Waals surface area contributed by atoms with Gasteiger partial charge in [-0.2, -0.15) is 5.10 Å². The van der Waals surface area contributed by atoms with Gasteiger partial charge in [0.05, 0.1) is 6.21 Å². The van der Waals surface area contributed by atoms with Crippen molar-refractivity contribution in [2.24, 2.45) is 10.8 Å². The first-order chi connectivity index (χ1) is 8.99. The summed E-state index contributed by atoms with van der Waals surface area (Å²) in [6, 6.07) is 3.09. The van der Waals surface area contributed by atoms with Crippen molar-refractivity contribution in [3.05, 3.63) is 34.8 Å². The van der Waals surface area contributed by atoms with Crippen molar-refractivity contribution >= 4 is 12.2 Å². The molecular formula is C12H15N5O2. The Morgan fingerprint density at radius 2 is 2.21 bits per heavy atom. The minimum atomic E-state index is -0.697. The minimum Gasteiger partial charge on any atom is -0.360 e. The topological polar surface area (TPSA) is 98.4 Å². The van der Waals surface area contributed by atoms with Crippen LogP contribution in [0.25, 0.3) is 5.82 Å². The number of amides is 2. The maximum Gasteiger partial charge on any atom is 0.332 e. The summed E-state index contributed by atoms with van der Waals surface area (Å²) < 4.78 is 7.02. The lowest BCUT2D eigenvalue weighted by Gasteiger charge is -2.03. The summed E-state index contributed by atoms with van der Waals surface area (Å²) in [7, 11) is 0. The molecule has 2 amide bonds. The van der Waals surface area contributed by atoms with Crippen LogP contribution in [-0.2, 0) is 0 Å². The van der Waals surface area contributed by atoms with Gasteiger partial charge < -0.3 is 10.3 Å². The second-order valence-electron chi connectivity index (χ2n) is 4.19. The van der Waals surface area contributed by atoms with Gasteiger partial charge in [-0.15, -0.1) is 0 Å². The van der Waals surface area contributed by atoms with Gasteiger partial charge in [-0.3, -0.25) is 4.57 Å². The molecule has 3 N–H and O–H groups in total. The molecule has 7 nitrogen and oxygen atoms in total. The molecule has 7 heteroatoms. The largest absolute Gasteiger partial charge is 0.360 e. The molecule has 0 radical (unpaired) electrons. The van der Waals surface area contributed by atoms with E-state index in [1.807, 2.05) is 37.5 Å². The summed E-state index contributed by atoms with van der Waals surface area (Å²) >= 11 is 0. The molecule has 0 unspecified atom stereocenters. The lowest BCUT2D eigenvalue weighted by atomic mass is 10.3. The Balaban J connectivity index is 2.35. The van der Waals surface area contributed by atoms with Gasteiger partial charge in [0.2, 0.25) is 0 Å². The molecular weight excluding hydrogens is 246 g/mol. The van der Waals surface area contributed by atoms with E-state index in [1.165, 1.54) is 6.21 Å². The van der Waals surface area contributed by atoms with Crippen LogP contribution in [0.15, 0.2) is 21.8 Å². The number of carbonyl (C=O) groups is 1. The van der Waals surface area contributed by atoms with Crippen molar-refractivity contribution in [2.45, 2.75) is 20.8 Å². The van der Waals surface area contributed by atoms with Crippen LogP contribution in [0.5, 0.6) is 0 Å². The predicted octanol–water partition coefficient (Wildman–Crippen LogP) is 1.39. The Kier molecular flexibility index (Phi) is 3.37. The first-order valence-electron chi connectivity index (χ1n) is 5.70. The number of hydrogen-bond donors (Lipinski definition) is 2. The van der Waals surface area contributed by atoms with Gasteiger partial charge in [-0.05, 0) is 26.8 Å².